The summed E-state index contributed by atoms with van der Waals surface area (Å²) in [7, 11) is 1.49. The van der Waals surface area contributed by atoms with E-state index in [-0.39, 0.29) is 6.54 Å². The smallest absolute Gasteiger partial charge is 0.331 e. The number of ether oxygens (including phenoxy) is 2. The van der Waals surface area contributed by atoms with Gasteiger partial charge in [-0.25, -0.2) is 9.59 Å². The van der Waals surface area contributed by atoms with E-state index in [0.717, 1.165) is 5.56 Å². The Kier molecular flexibility index (Phi) is 5.99. The van der Waals surface area contributed by atoms with E-state index >= 15 is 0 Å². The van der Waals surface area contributed by atoms with Gasteiger partial charge in [-0.15, -0.1) is 0 Å². The van der Waals surface area contributed by atoms with E-state index in [0.29, 0.717) is 18.0 Å². The summed E-state index contributed by atoms with van der Waals surface area (Å²) >= 11 is 0. The predicted octanol–water partition coefficient (Wildman–Crippen LogP) is 2.10. The highest BCUT2D eigenvalue weighted by Gasteiger charge is 2.10. The van der Waals surface area contributed by atoms with Crippen LogP contribution >= 0.6 is 0 Å². The van der Waals surface area contributed by atoms with E-state index in [1.165, 1.54) is 7.11 Å². The molecule has 2 aromatic rings. The first-order valence-corrected chi connectivity index (χ1v) is 7.08. The first-order valence-electron chi connectivity index (χ1n) is 7.08. The molecule has 0 fully saturated rings. The lowest BCUT2D eigenvalue weighted by molar-refractivity contribution is -0.133. The quantitative estimate of drug-likeness (QED) is 0.632. The minimum Gasteiger partial charge on any atom is -0.493 e. The number of carbonyl (C=O) groups excluding carboxylic acids is 2. The van der Waals surface area contributed by atoms with Crippen LogP contribution in [0.2, 0.25) is 0 Å². The Labute approximate surface area is 134 Å². The number of methoxy groups -OCH3 is 1. The van der Waals surface area contributed by atoms with Gasteiger partial charge in [-0.05, 0) is 17.7 Å². The summed E-state index contributed by atoms with van der Waals surface area (Å²) in [6, 6.07) is 15.8. The molecule has 0 saturated carbocycles. The largest absolute Gasteiger partial charge is 0.493 e. The molecule has 0 bridgehead atoms. The van der Waals surface area contributed by atoms with E-state index in [2.05, 4.69) is 10.6 Å². The van der Waals surface area contributed by atoms with Gasteiger partial charge in [0.2, 0.25) is 0 Å². The van der Waals surface area contributed by atoms with Crippen molar-refractivity contribution in [2.45, 2.75) is 6.54 Å². The van der Waals surface area contributed by atoms with Gasteiger partial charge in [-0.1, -0.05) is 42.5 Å². The summed E-state index contributed by atoms with van der Waals surface area (Å²) in [4.78, 5) is 23.4. The number of benzene rings is 2. The van der Waals surface area contributed by atoms with E-state index in [9.17, 15) is 9.59 Å². The molecular weight excluding hydrogens is 296 g/mol. The summed E-state index contributed by atoms with van der Waals surface area (Å²) < 4.78 is 10.2. The minimum absolute atomic E-state index is 0.237. The number of carbonyl (C=O) groups is 2. The number of esters is 1. The Bertz CT molecular complexity index is 659. The van der Waals surface area contributed by atoms with Crippen molar-refractivity contribution in [2.24, 2.45) is 0 Å². The Hall–Kier alpha value is -3.02. The van der Waals surface area contributed by atoms with Crippen LogP contribution in [0.15, 0.2) is 54.6 Å². The molecule has 0 aromatic heterocycles. The summed E-state index contributed by atoms with van der Waals surface area (Å²) in [6.07, 6.45) is 0. The van der Waals surface area contributed by atoms with Crippen LogP contribution < -0.4 is 20.1 Å². The molecule has 2 rings (SSSR count). The van der Waals surface area contributed by atoms with Gasteiger partial charge in [0.25, 0.3) is 0 Å². The summed E-state index contributed by atoms with van der Waals surface area (Å²) in [5, 5.41) is 5.10. The minimum atomic E-state index is -0.579. The molecule has 0 radical (unpaired) electrons. The first kappa shape index (κ1) is 16.4. The fourth-order valence-corrected chi connectivity index (χ4v) is 1.85. The van der Waals surface area contributed by atoms with Crippen molar-refractivity contribution in [3.8, 4) is 11.5 Å². The van der Waals surface area contributed by atoms with Gasteiger partial charge in [-0.2, -0.15) is 0 Å². The zero-order valence-corrected chi connectivity index (χ0v) is 12.7. The van der Waals surface area contributed by atoms with Crippen LogP contribution in [0.5, 0.6) is 11.5 Å². The second-order valence-electron chi connectivity index (χ2n) is 4.65. The number of nitrogens with one attached hydrogen (secondary N) is 2. The van der Waals surface area contributed by atoms with Gasteiger partial charge < -0.3 is 20.1 Å². The van der Waals surface area contributed by atoms with Crippen molar-refractivity contribution in [3.63, 3.8) is 0 Å². The van der Waals surface area contributed by atoms with Gasteiger partial charge in [0.05, 0.1) is 7.11 Å². The average molecular weight is 314 g/mol. The maximum Gasteiger partial charge on any atom is 0.331 e. The molecule has 2 N–H and O–H groups in total. The maximum absolute atomic E-state index is 11.7. The second kappa shape index (κ2) is 8.43. The Morgan fingerprint density at radius 2 is 1.57 bits per heavy atom. The van der Waals surface area contributed by atoms with Crippen molar-refractivity contribution < 1.29 is 19.1 Å². The van der Waals surface area contributed by atoms with Crippen LogP contribution in [0.25, 0.3) is 0 Å². The normalized spacial score (nSPS) is 9.78. The lowest BCUT2D eigenvalue weighted by Gasteiger charge is -2.10. The summed E-state index contributed by atoms with van der Waals surface area (Å²) in [5.41, 5.74) is 0.972. The molecule has 6 heteroatoms. The number of hydrogen-bond acceptors (Lipinski definition) is 4. The average Bonchev–Trinajstić information content (AvgIpc) is 2.59. The Morgan fingerprint density at radius 3 is 2.26 bits per heavy atom. The van der Waals surface area contributed by atoms with Crippen molar-refractivity contribution >= 4 is 12.0 Å². The Balaban J connectivity index is 1.74. The molecule has 0 spiro atoms. The van der Waals surface area contributed by atoms with Crippen molar-refractivity contribution in [1.82, 2.24) is 10.6 Å². The highest BCUT2D eigenvalue weighted by atomic mass is 16.6. The third-order valence-electron chi connectivity index (χ3n) is 2.98. The third kappa shape index (κ3) is 5.35. The molecule has 120 valence electrons. The van der Waals surface area contributed by atoms with E-state index in [1.54, 1.807) is 24.3 Å². The zero-order valence-electron chi connectivity index (χ0n) is 12.7. The fraction of sp³-hybridized carbons (Fsp3) is 0.176. The number of rotatable bonds is 6. The second-order valence-corrected chi connectivity index (χ2v) is 4.65. The van der Waals surface area contributed by atoms with Gasteiger partial charge in [-0.3, -0.25) is 0 Å². The van der Waals surface area contributed by atoms with Gasteiger partial charge in [0.1, 0.15) is 6.54 Å². The monoisotopic (exact) mass is 314 g/mol. The molecule has 23 heavy (non-hydrogen) atoms. The summed E-state index contributed by atoms with van der Waals surface area (Å²) in [6.45, 7) is 0.146. The number of hydrogen-bond donors (Lipinski definition) is 2. The third-order valence-corrected chi connectivity index (χ3v) is 2.98. The van der Waals surface area contributed by atoms with Gasteiger partial charge in [0, 0.05) is 6.54 Å². The van der Waals surface area contributed by atoms with Crippen LogP contribution in [0, 0.1) is 0 Å². The molecule has 0 aliphatic heterocycles. The molecule has 0 aliphatic carbocycles. The summed E-state index contributed by atoms with van der Waals surface area (Å²) in [5.74, 6) is 0.185. The van der Waals surface area contributed by atoms with Crippen LogP contribution in [-0.4, -0.2) is 25.7 Å². The van der Waals surface area contributed by atoms with Crippen molar-refractivity contribution in [2.75, 3.05) is 13.7 Å². The molecule has 2 aromatic carbocycles. The highest BCUT2D eigenvalue weighted by molar-refractivity contribution is 5.82. The van der Waals surface area contributed by atoms with Crippen LogP contribution in [0.3, 0.4) is 0 Å². The standard InChI is InChI=1S/C17H18N2O4/c1-22-14-9-5-6-10-15(14)23-16(20)12-19-17(21)18-11-13-7-3-2-4-8-13/h2-10H,11-12H2,1H3,(H2,18,19,21). The van der Waals surface area contributed by atoms with E-state index < -0.39 is 12.0 Å². The number of urea groups is 1. The van der Waals surface area contributed by atoms with Crippen LogP contribution in [-0.2, 0) is 11.3 Å². The lowest BCUT2D eigenvalue weighted by Crippen LogP contribution is -2.39. The number of para-hydroxylation sites is 2. The van der Waals surface area contributed by atoms with E-state index in [1.807, 2.05) is 30.3 Å². The van der Waals surface area contributed by atoms with Crippen molar-refractivity contribution in [1.29, 1.82) is 0 Å². The fourth-order valence-electron chi connectivity index (χ4n) is 1.85. The first-order chi connectivity index (χ1) is 11.2. The topological polar surface area (TPSA) is 76.7 Å². The Morgan fingerprint density at radius 1 is 0.913 bits per heavy atom. The molecule has 0 saturated heterocycles. The zero-order chi connectivity index (χ0) is 16.5. The predicted molar refractivity (Wildman–Crippen MR) is 85.3 cm³/mol. The molecular formula is C17H18N2O4. The van der Waals surface area contributed by atoms with Crippen LogP contribution in [0.4, 0.5) is 4.79 Å². The molecule has 2 amide bonds. The SMILES string of the molecule is COc1ccccc1OC(=O)CNC(=O)NCc1ccccc1. The van der Waals surface area contributed by atoms with Gasteiger partial charge >= 0.3 is 12.0 Å². The molecule has 0 heterocycles. The van der Waals surface area contributed by atoms with E-state index in [4.69, 9.17) is 9.47 Å². The van der Waals surface area contributed by atoms with Crippen LogP contribution in [0.1, 0.15) is 5.56 Å². The maximum atomic E-state index is 11.7. The molecule has 0 unspecified atom stereocenters. The molecule has 0 atom stereocenters. The van der Waals surface area contributed by atoms with Crippen molar-refractivity contribution in [3.05, 3.63) is 60.2 Å². The highest BCUT2D eigenvalue weighted by Crippen LogP contribution is 2.25. The molecule has 0 aliphatic rings. The molecule has 6 nitrogen and oxygen atoms in total. The van der Waals surface area contributed by atoms with Gasteiger partial charge in [0.15, 0.2) is 11.5 Å². The lowest BCUT2D eigenvalue weighted by atomic mass is 10.2. The number of amides is 2.